The molecule has 2 aromatic carbocycles. The van der Waals surface area contributed by atoms with Gasteiger partial charge >= 0.3 is 0 Å². The third-order valence-corrected chi connectivity index (χ3v) is 15.6. The fraction of sp³-hybridized carbons (Fsp3) is 0.431. The van der Waals surface area contributed by atoms with Gasteiger partial charge in [0, 0.05) is 111 Å². The second-order valence-corrected chi connectivity index (χ2v) is 21.9. The van der Waals surface area contributed by atoms with Crippen molar-refractivity contribution in [1.82, 2.24) is 24.0 Å². The molecule has 16 nitrogen and oxygen atoms in total. The second-order valence-electron chi connectivity index (χ2n) is 19.9. The number of sulfone groups is 1. The minimum atomic E-state index is -3.29. The second kappa shape index (κ2) is 18.0. The van der Waals surface area contributed by atoms with Crippen LogP contribution in [0.15, 0.2) is 83.3 Å². The lowest BCUT2D eigenvalue weighted by atomic mass is 9.90. The maximum Gasteiger partial charge on any atom is 0.293 e. The van der Waals surface area contributed by atoms with E-state index in [4.69, 9.17) is 4.98 Å². The highest BCUT2D eigenvalue weighted by Crippen LogP contribution is 2.41. The molecule has 4 aliphatic rings. The van der Waals surface area contributed by atoms with Crippen LogP contribution in [0.3, 0.4) is 0 Å². The van der Waals surface area contributed by atoms with E-state index in [1.807, 2.05) is 37.3 Å². The van der Waals surface area contributed by atoms with Crippen molar-refractivity contribution in [2.24, 2.45) is 12.5 Å². The molecule has 3 atom stereocenters. The molecular formula is C51H62N10O6S. The number of hydrogen-bond donors (Lipinski definition) is 3. The number of pyridine rings is 1. The topological polar surface area (TPSA) is 178 Å². The Labute approximate surface area is 398 Å². The summed E-state index contributed by atoms with van der Waals surface area (Å²) in [6, 6.07) is 15.7. The van der Waals surface area contributed by atoms with Crippen LogP contribution in [0.5, 0.6) is 0 Å². The van der Waals surface area contributed by atoms with Gasteiger partial charge in [-0.3, -0.25) is 24.2 Å². The van der Waals surface area contributed by atoms with Crippen LogP contribution >= 0.6 is 0 Å². The zero-order valence-electron chi connectivity index (χ0n) is 40.0. The van der Waals surface area contributed by atoms with Gasteiger partial charge in [0.05, 0.1) is 28.6 Å². The Morgan fingerprint density at radius 3 is 2.49 bits per heavy atom. The molecule has 0 saturated carbocycles. The van der Waals surface area contributed by atoms with E-state index >= 15 is 0 Å². The van der Waals surface area contributed by atoms with Crippen molar-refractivity contribution in [2.45, 2.75) is 96.5 Å². The quantitative estimate of drug-likeness (QED) is 0.131. The van der Waals surface area contributed by atoms with Crippen molar-refractivity contribution in [3.05, 3.63) is 112 Å². The van der Waals surface area contributed by atoms with E-state index in [-0.39, 0.29) is 40.7 Å². The van der Waals surface area contributed by atoms with Crippen LogP contribution in [0.2, 0.25) is 0 Å². The maximum absolute atomic E-state index is 14.1. The van der Waals surface area contributed by atoms with Crippen molar-refractivity contribution in [2.75, 3.05) is 64.3 Å². The molecule has 9 rings (SSSR count). The van der Waals surface area contributed by atoms with Gasteiger partial charge < -0.3 is 34.7 Å². The molecule has 0 spiro atoms. The minimum Gasteiger partial charge on any atom is -0.392 e. The first-order chi connectivity index (χ1) is 32.3. The van der Waals surface area contributed by atoms with Gasteiger partial charge in [-0.25, -0.2) is 18.4 Å². The van der Waals surface area contributed by atoms with Crippen LogP contribution in [0.25, 0.3) is 11.3 Å². The van der Waals surface area contributed by atoms with Crippen LogP contribution in [-0.2, 0) is 47.7 Å². The van der Waals surface area contributed by atoms with Crippen LogP contribution in [0, 0.1) is 12.3 Å². The number of aliphatic hydroxyl groups excluding tert-OH is 1. The first-order valence-corrected chi connectivity index (χ1v) is 25.4. The van der Waals surface area contributed by atoms with E-state index in [1.54, 1.807) is 42.5 Å². The zero-order valence-corrected chi connectivity index (χ0v) is 40.9. The van der Waals surface area contributed by atoms with Gasteiger partial charge in [0.25, 0.3) is 11.5 Å². The summed E-state index contributed by atoms with van der Waals surface area (Å²) < 4.78 is 28.0. The number of amides is 2. The zero-order chi connectivity index (χ0) is 48.4. The third kappa shape index (κ3) is 8.82. The Hall–Kier alpha value is -6.30. The van der Waals surface area contributed by atoms with E-state index in [9.17, 15) is 27.9 Å². The summed E-state index contributed by atoms with van der Waals surface area (Å²) in [4.78, 5) is 59.3. The molecule has 0 radical (unpaired) electrons. The van der Waals surface area contributed by atoms with Gasteiger partial charge in [-0.05, 0) is 118 Å². The van der Waals surface area contributed by atoms with E-state index in [0.717, 1.165) is 68.8 Å². The molecule has 6 heterocycles. The average Bonchev–Trinajstić information content (AvgIpc) is 3.79. The van der Waals surface area contributed by atoms with Crippen LogP contribution in [0.1, 0.15) is 73.4 Å². The fourth-order valence-corrected chi connectivity index (χ4v) is 12.1. The Balaban J connectivity index is 0.920. The number of nitrogens with one attached hydrogen (secondary N) is 2. The summed E-state index contributed by atoms with van der Waals surface area (Å²) in [5.41, 5.74) is 7.93. The van der Waals surface area contributed by atoms with Crippen LogP contribution in [0.4, 0.5) is 34.4 Å². The maximum atomic E-state index is 14.1. The number of aryl methyl sites for hydroxylation is 2. The predicted molar refractivity (Wildman–Crippen MR) is 267 cm³/mol. The third-order valence-electron chi connectivity index (χ3n) is 14.3. The van der Waals surface area contributed by atoms with Gasteiger partial charge in [0.2, 0.25) is 5.91 Å². The molecule has 2 fully saturated rings. The molecule has 1 aliphatic carbocycles. The number of hydrogen-bond acceptors (Lipinski definition) is 12. The largest absolute Gasteiger partial charge is 0.392 e. The molecule has 0 bridgehead atoms. The molecule has 3 aromatic heterocycles. The molecule has 3 N–H and O–H groups in total. The molecule has 68 heavy (non-hydrogen) atoms. The first-order valence-electron chi connectivity index (χ1n) is 23.5. The summed E-state index contributed by atoms with van der Waals surface area (Å²) in [5.74, 6) is -0.148. The monoisotopic (exact) mass is 942 g/mol. The highest BCUT2D eigenvalue weighted by molar-refractivity contribution is 7.90. The lowest BCUT2D eigenvalue weighted by Gasteiger charge is -2.48. The molecule has 5 aromatic rings. The molecule has 358 valence electrons. The first kappa shape index (κ1) is 46.8. The SMILES string of the molecule is C=CC(=O)Nc1cc(Nc2nc(-c3ccnc(N4CCn5c(cc6c5CC(C)(C)C6)C4=O)c3CO)cn(C)c2=O)ccc1N1CCN(C2CCN(c3ccc(S(C)(=O)=O)c(C)c3)[C@@H](C)C2)C[C@@H]1C. The van der Waals surface area contributed by atoms with E-state index in [0.29, 0.717) is 63.7 Å². The molecule has 1 unspecified atom stereocenters. The number of fused-ring (bicyclic) bond motifs is 3. The number of nitrogens with zero attached hydrogens (tertiary/aromatic N) is 8. The number of carbonyl (C=O) groups is 2. The van der Waals surface area contributed by atoms with Gasteiger partial charge in [0.1, 0.15) is 11.5 Å². The summed E-state index contributed by atoms with van der Waals surface area (Å²) in [7, 11) is -1.66. The van der Waals surface area contributed by atoms with Crippen LogP contribution in [-0.4, -0.2) is 106 Å². The molecule has 3 aliphatic heterocycles. The summed E-state index contributed by atoms with van der Waals surface area (Å²) in [5, 5.41) is 17.1. The van der Waals surface area contributed by atoms with Gasteiger partial charge in [-0.15, -0.1) is 0 Å². The number of aliphatic hydroxyl groups is 1. The molecule has 17 heteroatoms. The van der Waals surface area contributed by atoms with E-state index in [2.05, 4.69) is 69.2 Å². The Bertz CT molecular complexity index is 3020. The van der Waals surface area contributed by atoms with Crippen LogP contribution < -0.4 is 30.9 Å². The van der Waals surface area contributed by atoms with Gasteiger partial charge in [-0.2, -0.15) is 0 Å². The summed E-state index contributed by atoms with van der Waals surface area (Å²) in [6.45, 7) is 18.3. The standard InChI is InChI=1S/C51H62N10O6S/c1-9-46(63)54-40-25-35(10-12-42(40)59-19-18-57(28-33(59)4)36-15-17-58(32(3)23-36)37-11-13-45(31(2)22-37)68(8,66)67)53-47-50(65)56(7)29-41(55-47)38-14-16-52-48(39(38)30-62)61-21-20-60-43(49(61)64)24-34-26-51(5,6)27-44(34)60/h9-14,16,22,24-25,29,32-33,36,62H,1,15,17-21,23,26-28,30H2,2-8H3,(H,53,55)(H,54,63)/t32-,33-,36?/m0/s1. The molecular weight excluding hydrogens is 881 g/mol. The fourth-order valence-electron chi connectivity index (χ4n) is 11.1. The smallest absolute Gasteiger partial charge is 0.293 e. The summed E-state index contributed by atoms with van der Waals surface area (Å²) >= 11 is 0. The summed E-state index contributed by atoms with van der Waals surface area (Å²) in [6.07, 6.45) is 9.47. The highest BCUT2D eigenvalue weighted by atomic mass is 32.2. The lowest BCUT2D eigenvalue weighted by molar-refractivity contribution is -0.111. The molecule has 2 amide bonds. The van der Waals surface area contributed by atoms with E-state index in [1.165, 1.54) is 28.2 Å². The number of rotatable bonds is 11. The highest BCUT2D eigenvalue weighted by Gasteiger charge is 2.38. The predicted octanol–water partition coefficient (Wildman–Crippen LogP) is 6.07. The number of carbonyl (C=O) groups excluding carboxylic acids is 2. The Morgan fingerprint density at radius 2 is 1.78 bits per heavy atom. The Morgan fingerprint density at radius 1 is 0.985 bits per heavy atom. The van der Waals surface area contributed by atoms with Crippen molar-refractivity contribution in [1.29, 1.82) is 0 Å². The number of piperazine rings is 1. The average molecular weight is 943 g/mol. The van der Waals surface area contributed by atoms with Crippen molar-refractivity contribution in [3.8, 4) is 11.3 Å². The molecule has 2 saturated heterocycles. The van der Waals surface area contributed by atoms with Crippen molar-refractivity contribution < 1.29 is 23.1 Å². The van der Waals surface area contributed by atoms with Crippen molar-refractivity contribution in [3.63, 3.8) is 0 Å². The van der Waals surface area contributed by atoms with E-state index < -0.39 is 16.4 Å². The number of aromatic nitrogens is 4. The number of piperidine rings is 1. The van der Waals surface area contributed by atoms with Gasteiger partial charge in [-0.1, -0.05) is 20.4 Å². The minimum absolute atomic E-state index is 0.0358. The van der Waals surface area contributed by atoms with Gasteiger partial charge in [0.15, 0.2) is 15.7 Å². The van der Waals surface area contributed by atoms with Crippen molar-refractivity contribution >= 4 is 56.0 Å². The lowest BCUT2D eigenvalue weighted by Crippen LogP contribution is -2.58. The normalized spacial score (nSPS) is 20.6. The number of anilines is 6. The number of benzene rings is 2. The Kier molecular flexibility index (Phi) is 12.4.